The van der Waals surface area contributed by atoms with E-state index in [2.05, 4.69) is 52.2 Å². The average molecular weight is 311 g/mol. The van der Waals surface area contributed by atoms with Crippen LogP contribution in [-0.4, -0.2) is 45.6 Å². The van der Waals surface area contributed by atoms with Gasteiger partial charge in [-0.2, -0.15) is 0 Å². The smallest absolute Gasteiger partial charge is 0.127 e. The van der Waals surface area contributed by atoms with Gasteiger partial charge in [-0.1, -0.05) is 38.2 Å². The Labute approximate surface area is 133 Å². The van der Waals surface area contributed by atoms with Crippen LogP contribution in [0.1, 0.15) is 34.6 Å². The van der Waals surface area contributed by atoms with Gasteiger partial charge in [-0.3, -0.25) is 4.90 Å². The first kappa shape index (κ1) is 18.3. The van der Waals surface area contributed by atoms with Gasteiger partial charge in [0.1, 0.15) is 11.0 Å². The summed E-state index contributed by atoms with van der Waals surface area (Å²) in [5.41, 5.74) is 1.29. The molecule has 0 aromatic heterocycles. The molecule has 0 aliphatic carbocycles. The van der Waals surface area contributed by atoms with Crippen molar-refractivity contribution in [2.45, 2.75) is 40.7 Å². The molecule has 1 rings (SSSR count). The molecule has 1 saturated heterocycles. The lowest BCUT2D eigenvalue weighted by atomic mass is 10.1. The van der Waals surface area contributed by atoms with Crippen molar-refractivity contribution in [3.63, 3.8) is 0 Å². The zero-order valence-corrected chi connectivity index (χ0v) is 14.9. The van der Waals surface area contributed by atoms with E-state index in [1.54, 1.807) is 6.08 Å². The molecule has 3 nitrogen and oxygen atoms in total. The van der Waals surface area contributed by atoms with E-state index in [0.29, 0.717) is 12.0 Å². The molecular weight excluding hydrogens is 280 g/mol. The lowest BCUT2D eigenvalue weighted by molar-refractivity contribution is 0.157. The highest BCUT2D eigenvalue weighted by Crippen LogP contribution is 2.15. The van der Waals surface area contributed by atoms with Crippen LogP contribution in [0.15, 0.2) is 35.3 Å². The van der Waals surface area contributed by atoms with Crippen molar-refractivity contribution in [2.24, 2.45) is 5.92 Å². The van der Waals surface area contributed by atoms with Crippen LogP contribution in [0.2, 0.25) is 0 Å². The molecule has 1 aliphatic rings. The standard InChI is InChI=1S/C17H30N2OS/c1-7-17(9-8-16(6)14(2)3)21(20)19-12-10-18(11-13-19)15(4)5/h7-9,14-15H,1,10-13H2,2-6H3/b16-8+,17-9+. The topological polar surface area (TPSA) is 23.6 Å². The summed E-state index contributed by atoms with van der Waals surface area (Å²) in [4.78, 5) is 3.22. The number of piperazine rings is 1. The molecule has 0 radical (unpaired) electrons. The van der Waals surface area contributed by atoms with Crippen molar-refractivity contribution in [1.29, 1.82) is 0 Å². The van der Waals surface area contributed by atoms with E-state index in [9.17, 15) is 4.21 Å². The molecule has 4 heteroatoms. The van der Waals surface area contributed by atoms with Gasteiger partial charge in [-0.25, -0.2) is 8.51 Å². The first-order valence-corrected chi connectivity index (χ1v) is 8.89. The third-order valence-corrected chi connectivity index (χ3v) is 5.60. The van der Waals surface area contributed by atoms with Crippen LogP contribution < -0.4 is 0 Å². The SMILES string of the molecule is C=C/C(=C\C=C(/C)C(C)C)S(=O)N1CCN(C(C)C)CC1. The first-order chi connectivity index (χ1) is 9.86. The molecular formula is C17H30N2OS. The molecule has 0 aromatic rings. The van der Waals surface area contributed by atoms with Crippen molar-refractivity contribution >= 4 is 11.0 Å². The number of allylic oxidation sites excluding steroid dienone is 4. The second-order valence-corrected chi connectivity index (χ2v) is 7.63. The molecule has 1 atom stereocenters. The van der Waals surface area contributed by atoms with Crippen LogP contribution in [0.4, 0.5) is 0 Å². The molecule has 0 spiro atoms. The van der Waals surface area contributed by atoms with Crippen LogP contribution in [0.5, 0.6) is 0 Å². The Hall–Kier alpha value is -0.710. The summed E-state index contributed by atoms with van der Waals surface area (Å²) < 4.78 is 14.7. The minimum atomic E-state index is -1.10. The lowest BCUT2D eigenvalue weighted by Crippen LogP contribution is -2.49. The number of hydrogen-bond acceptors (Lipinski definition) is 2. The fourth-order valence-corrected chi connectivity index (χ4v) is 3.26. The second kappa shape index (κ2) is 8.66. The van der Waals surface area contributed by atoms with Crippen molar-refractivity contribution < 1.29 is 4.21 Å². The van der Waals surface area contributed by atoms with Crippen molar-refractivity contribution in [3.8, 4) is 0 Å². The summed E-state index contributed by atoms with van der Waals surface area (Å²) >= 11 is 0. The van der Waals surface area contributed by atoms with Gasteiger partial charge in [0.25, 0.3) is 0 Å². The van der Waals surface area contributed by atoms with Gasteiger partial charge in [-0.15, -0.1) is 0 Å². The maximum Gasteiger partial charge on any atom is 0.127 e. The maximum absolute atomic E-state index is 12.6. The monoisotopic (exact) mass is 310 g/mol. The van der Waals surface area contributed by atoms with Gasteiger partial charge in [0.2, 0.25) is 0 Å². The van der Waals surface area contributed by atoms with Crippen LogP contribution >= 0.6 is 0 Å². The normalized spacial score (nSPS) is 21.1. The molecule has 0 amide bonds. The molecule has 1 heterocycles. The van der Waals surface area contributed by atoms with Crippen LogP contribution in [0.25, 0.3) is 0 Å². The number of rotatable bonds is 6. The Morgan fingerprint density at radius 3 is 2.10 bits per heavy atom. The lowest BCUT2D eigenvalue weighted by Gasteiger charge is -2.36. The summed E-state index contributed by atoms with van der Waals surface area (Å²) in [5, 5.41) is 0. The zero-order valence-electron chi connectivity index (χ0n) is 14.1. The van der Waals surface area contributed by atoms with Crippen molar-refractivity contribution in [2.75, 3.05) is 26.2 Å². The molecule has 0 aromatic carbocycles. The Kier molecular flexibility index (Phi) is 7.57. The van der Waals surface area contributed by atoms with Gasteiger partial charge in [0.05, 0.1) is 4.91 Å². The molecule has 1 aliphatic heterocycles. The predicted molar refractivity (Wildman–Crippen MR) is 93.3 cm³/mol. The van der Waals surface area contributed by atoms with Crippen LogP contribution in [-0.2, 0) is 11.0 Å². The Balaban J connectivity index is 2.71. The Morgan fingerprint density at radius 2 is 1.67 bits per heavy atom. The van der Waals surface area contributed by atoms with E-state index in [4.69, 9.17) is 0 Å². The maximum atomic E-state index is 12.6. The fourth-order valence-electron chi connectivity index (χ4n) is 2.14. The van der Waals surface area contributed by atoms with E-state index < -0.39 is 11.0 Å². The van der Waals surface area contributed by atoms with E-state index >= 15 is 0 Å². The highest BCUT2D eigenvalue weighted by Gasteiger charge is 2.23. The summed E-state index contributed by atoms with van der Waals surface area (Å²) in [7, 11) is -1.10. The van der Waals surface area contributed by atoms with Crippen molar-refractivity contribution in [1.82, 2.24) is 9.21 Å². The van der Waals surface area contributed by atoms with Gasteiger partial charge < -0.3 is 0 Å². The largest absolute Gasteiger partial charge is 0.298 e. The highest BCUT2D eigenvalue weighted by molar-refractivity contribution is 7.86. The summed E-state index contributed by atoms with van der Waals surface area (Å²) in [6.45, 7) is 18.3. The van der Waals surface area contributed by atoms with E-state index in [0.717, 1.165) is 31.1 Å². The highest BCUT2D eigenvalue weighted by atomic mass is 32.2. The molecule has 21 heavy (non-hydrogen) atoms. The third kappa shape index (κ3) is 5.53. The third-order valence-electron chi connectivity index (χ3n) is 4.06. The summed E-state index contributed by atoms with van der Waals surface area (Å²) in [5.74, 6) is 0.510. The first-order valence-electron chi connectivity index (χ1n) is 7.78. The number of hydrogen-bond donors (Lipinski definition) is 0. The van der Waals surface area contributed by atoms with Gasteiger partial charge in [-0.05, 0) is 32.8 Å². The molecule has 0 bridgehead atoms. The van der Waals surface area contributed by atoms with Crippen LogP contribution in [0, 0.1) is 5.92 Å². The average Bonchev–Trinajstić information content (AvgIpc) is 2.47. The van der Waals surface area contributed by atoms with E-state index in [1.165, 1.54) is 5.57 Å². The second-order valence-electron chi connectivity index (χ2n) is 6.15. The minimum Gasteiger partial charge on any atom is -0.298 e. The predicted octanol–water partition coefficient (Wildman–Crippen LogP) is 3.35. The van der Waals surface area contributed by atoms with Gasteiger partial charge in [0.15, 0.2) is 0 Å². The summed E-state index contributed by atoms with van der Waals surface area (Å²) in [6, 6.07) is 0.562. The number of nitrogens with zero attached hydrogens (tertiary/aromatic N) is 2. The Bertz CT molecular complexity index is 430. The minimum absolute atomic E-state index is 0.510. The van der Waals surface area contributed by atoms with Crippen LogP contribution in [0.3, 0.4) is 0 Å². The van der Waals surface area contributed by atoms with Gasteiger partial charge in [0, 0.05) is 32.2 Å². The Morgan fingerprint density at radius 1 is 1.10 bits per heavy atom. The molecule has 1 fully saturated rings. The fraction of sp³-hybridized carbons (Fsp3) is 0.647. The molecule has 0 saturated carbocycles. The van der Waals surface area contributed by atoms with Crippen molar-refractivity contribution in [3.05, 3.63) is 35.3 Å². The molecule has 0 N–H and O–H groups in total. The van der Waals surface area contributed by atoms with E-state index in [-0.39, 0.29) is 0 Å². The molecule has 120 valence electrons. The summed E-state index contributed by atoms with van der Waals surface area (Å²) in [6.07, 6.45) is 5.73. The molecule has 1 unspecified atom stereocenters. The van der Waals surface area contributed by atoms with Gasteiger partial charge >= 0.3 is 0 Å². The zero-order chi connectivity index (χ0) is 16.0. The quantitative estimate of drug-likeness (QED) is 0.702. The van der Waals surface area contributed by atoms with E-state index in [1.807, 2.05) is 10.4 Å².